The molecule has 2 nitrogen and oxygen atoms in total. The Morgan fingerprint density at radius 2 is 1.88 bits per heavy atom. The van der Waals surface area contributed by atoms with E-state index < -0.39 is 35.7 Å². The number of nitrogens with zero attached hydrogens (tertiary/aromatic N) is 1. The van der Waals surface area contributed by atoms with Crippen LogP contribution >= 0.6 is 0 Å². The van der Waals surface area contributed by atoms with E-state index in [1.165, 1.54) is 0 Å². The van der Waals surface area contributed by atoms with Crippen LogP contribution < -0.4 is 4.74 Å². The molecule has 0 bridgehead atoms. The van der Waals surface area contributed by atoms with Gasteiger partial charge in [0.15, 0.2) is 5.75 Å². The number of pyridine rings is 1. The first-order valence-corrected chi connectivity index (χ1v) is 3.91. The molecule has 0 saturated carbocycles. The molecule has 1 heterocycles. The molecule has 16 heavy (non-hydrogen) atoms. The van der Waals surface area contributed by atoms with Gasteiger partial charge in [-0.15, -0.1) is 13.2 Å². The third kappa shape index (κ3) is 3.01. The van der Waals surface area contributed by atoms with Crippen molar-refractivity contribution < 1.29 is 31.1 Å². The number of rotatable bonds is 2. The van der Waals surface area contributed by atoms with Crippen molar-refractivity contribution in [2.24, 2.45) is 0 Å². The zero-order valence-corrected chi connectivity index (χ0v) is 7.78. The highest BCUT2D eigenvalue weighted by Crippen LogP contribution is 2.34. The third-order valence-corrected chi connectivity index (χ3v) is 1.59. The van der Waals surface area contributed by atoms with Gasteiger partial charge in [-0.2, -0.15) is 4.39 Å². The molecule has 1 rings (SSSR count). The number of aryl methyl sites for hydroxylation is 1. The van der Waals surface area contributed by atoms with E-state index in [4.69, 9.17) is 0 Å². The summed E-state index contributed by atoms with van der Waals surface area (Å²) in [5.74, 6) is -2.45. The van der Waals surface area contributed by atoms with Crippen LogP contribution in [0.2, 0.25) is 0 Å². The summed E-state index contributed by atoms with van der Waals surface area (Å²) in [6, 6.07) is 0.207. The molecule has 1 aromatic heterocycles. The fraction of sp³-hybridized carbons (Fsp3) is 0.375. The maximum Gasteiger partial charge on any atom is 0.573 e. The Kier molecular flexibility index (Phi) is 3.30. The van der Waals surface area contributed by atoms with E-state index in [0.29, 0.717) is 0 Å². The first-order valence-electron chi connectivity index (χ1n) is 3.91. The number of aromatic nitrogens is 1. The predicted molar refractivity (Wildman–Crippen MR) is 40.6 cm³/mol. The van der Waals surface area contributed by atoms with Gasteiger partial charge in [-0.25, -0.2) is 13.8 Å². The Bertz CT molecular complexity index is 389. The lowest BCUT2D eigenvalue weighted by atomic mass is 10.2. The van der Waals surface area contributed by atoms with Crippen molar-refractivity contribution in [1.82, 2.24) is 4.98 Å². The summed E-state index contributed by atoms with van der Waals surface area (Å²) in [6.45, 7) is 0.941. The van der Waals surface area contributed by atoms with Crippen molar-refractivity contribution in [3.63, 3.8) is 0 Å². The van der Waals surface area contributed by atoms with Crippen LogP contribution in [-0.2, 0) is 0 Å². The Morgan fingerprint density at radius 3 is 2.31 bits per heavy atom. The fourth-order valence-corrected chi connectivity index (χ4v) is 1.06. The van der Waals surface area contributed by atoms with E-state index in [1.807, 2.05) is 0 Å². The highest BCUT2D eigenvalue weighted by Gasteiger charge is 2.34. The van der Waals surface area contributed by atoms with Gasteiger partial charge in [0.2, 0.25) is 5.95 Å². The van der Waals surface area contributed by atoms with Crippen molar-refractivity contribution in [3.8, 4) is 5.75 Å². The molecule has 0 saturated heterocycles. The minimum atomic E-state index is -5.13. The Hall–Kier alpha value is -1.47. The van der Waals surface area contributed by atoms with Gasteiger partial charge in [-0.05, 0) is 6.92 Å². The molecule has 0 radical (unpaired) electrons. The Labute approximate surface area is 85.9 Å². The molecule has 0 N–H and O–H groups in total. The van der Waals surface area contributed by atoms with E-state index in [9.17, 15) is 26.3 Å². The van der Waals surface area contributed by atoms with Crippen LogP contribution in [0.25, 0.3) is 0 Å². The first kappa shape index (κ1) is 12.6. The number of hydrogen-bond donors (Lipinski definition) is 0. The Morgan fingerprint density at radius 1 is 1.31 bits per heavy atom. The zero-order valence-electron chi connectivity index (χ0n) is 7.78. The normalized spacial score (nSPS) is 12.0. The monoisotopic (exact) mass is 245 g/mol. The van der Waals surface area contributed by atoms with Crippen molar-refractivity contribution in [2.45, 2.75) is 19.7 Å². The minimum Gasteiger partial charge on any atom is -0.403 e. The van der Waals surface area contributed by atoms with Gasteiger partial charge in [0.25, 0.3) is 6.43 Å². The second-order valence-electron chi connectivity index (χ2n) is 2.80. The summed E-state index contributed by atoms with van der Waals surface area (Å²) < 4.78 is 76.3. The molecule has 0 atom stereocenters. The van der Waals surface area contributed by atoms with Gasteiger partial charge in [0, 0.05) is 6.07 Å². The summed E-state index contributed by atoms with van der Waals surface area (Å²) >= 11 is 0. The van der Waals surface area contributed by atoms with E-state index in [-0.39, 0.29) is 6.07 Å². The van der Waals surface area contributed by atoms with Crippen LogP contribution in [0.15, 0.2) is 6.07 Å². The lowest BCUT2D eigenvalue weighted by molar-refractivity contribution is -0.275. The summed E-state index contributed by atoms with van der Waals surface area (Å²) in [6.07, 6.45) is -8.41. The highest BCUT2D eigenvalue weighted by molar-refractivity contribution is 5.37. The average molecular weight is 245 g/mol. The summed E-state index contributed by atoms with van der Waals surface area (Å²) in [4.78, 5) is 2.98. The van der Waals surface area contributed by atoms with Crippen molar-refractivity contribution in [1.29, 1.82) is 0 Å². The lowest BCUT2D eigenvalue weighted by Crippen LogP contribution is -2.19. The van der Waals surface area contributed by atoms with E-state index in [1.54, 1.807) is 0 Å². The smallest absolute Gasteiger partial charge is 0.403 e. The number of halogens is 6. The molecule has 0 fully saturated rings. The van der Waals surface area contributed by atoms with Gasteiger partial charge in [0.1, 0.15) is 0 Å². The number of hydrogen-bond acceptors (Lipinski definition) is 2. The molecule has 90 valence electrons. The van der Waals surface area contributed by atoms with Crippen LogP contribution in [0.5, 0.6) is 5.75 Å². The van der Waals surface area contributed by atoms with Gasteiger partial charge in [0.05, 0.1) is 11.3 Å². The molecular formula is C8H5F6NO. The summed E-state index contributed by atoms with van der Waals surface area (Å²) in [5.41, 5.74) is -1.77. The van der Waals surface area contributed by atoms with E-state index in [2.05, 4.69) is 9.72 Å². The highest BCUT2D eigenvalue weighted by atomic mass is 19.4. The standard InChI is InChI=1S/C8H5F6NO/c1-3-6(16-8(12,13)14)4(7(10)11)2-5(9)15-3/h2,7H,1H3. The van der Waals surface area contributed by atoms with E-state index in [0.717, 1.165) is 6.92 Å². The second kappa shape index (κ2) is 4.18. The first-order chi connectivity index (χ1) is 7.20. The molecule has 0 aliphatic carbocycles. The average Bonchev–Trinajstić information content (AvgIpc) is 2.07. The molecule has 1 aromatic rings. The van der Waals surface area contributed by atoms with Crippen LogP contribution in [-0.4, -0.2) is 11.3 Å². The van der Waals surface area contributed by atoms with Gasteiger partial charge in [-0.3, -0.25) is 0 Å². The SMILES string of the molecule is Cc1nc(F)cc(C(F)F)c1OC(F)(F)F. The van der Waals surface area contributed by atoms with E-state index >= 15 is 0 Å². The van der Waals surface area contributed by atoms with Crippen LogP contribution in [0, 0.1) is 12.9 Å². The largest absolute Gasteiger partial charge is 0.573 e. The molecule has 0 unspecified atom stereocenters. The molecule has 0 amide bonds. The number of ether oxygens (including phenoxy) is 1. The van der Waals surface area contributed by atoms with Gasteiger partial charge >= 0.3 is 6.36 Å². The minimum absolute atomic E-state index is 0.207. The van der Waals surface area contributed by atoms with Crippen molar-refractivity contribution in [2.75, 3.05) is 0 Å². The molecule has 0 spiro atoms. The molecule has 0 aliphatic heterocycles. The topological polar surface area (TPSA) is 22.1 Å². The number of alkyl halides is 5. The maximum absolute atomic E-state index is 12.6. The van der Waals surface area contributed by atoms with Crippen LogP contribution in [0.1, 0.15) is 17.7 Å². The van der Waals surface area contributed by atoms with Crippen LogP contribution in [0.3, 0.4) is 0 Å². The van der Waals surface area contributed by atoms with Crippen LogP contribution in [0.4, 0.5) is 26.3 Å². The molecular weight excluding hydrogens is 240 g/mol. The molecule has 8 heteroatoms. The Balaban J connectivity index is 3.25. The van der Waals surface area contributed by atoms with Crippen molar-refractivity contribution >= 4 is 0 Å². The quantitative estimate of drug-likeness (QED) is 0.588. The third-order valence-electron chi connectivity index (χ3n) is 1.59. The summed E-state index contributed by atoms with van der Waals surface area (Å²) in [5, 5.41) is 0. The maximum atomic E-state index is 12.6. The van der Waals surface area contributed by atoms with Gasteiger partial charge < -0.3 is 4.74 Å². The fourth-order valence-electron chi connectivity index (χ4n) is 1.06. The molecule has 0 aromatic carbocycles. The molecule has 0 aliphatic rings. The van der Waals surface area contributed by atoms with Gasteiger partial charge in [-0.1, -0.05) is 0 Å². The lowest BCUT2D eigenvalue weighted by Gasteiger charge is -2.14. The summed E-state index contributed by atoms with van der Waals surface area (Å²) in [7, 11) is 0. The van der Waals surface area contributed by atoms with Crippen molar-refractivity contribution in [3.05, 3.63) is 23.3 Å². The second-order valence-corrected chi connectivity index (χ2v) is 2.80. The predicted octanol–water partition coefficient (Wildman–Crippen LogP) is 3.37. The zero-order chi connectivity index (χ0) is 12.5.